The van der Waals surface area contributed by atoms with Crippen LogP contribution in [0, 0.1) is 5.92 Å². The molecule has 5 nitrogen and oxygen atoms in total. The summed E-state index contributed by atoms with van der Waals surface area (Å²) in [6.45, 7) is 5.86. The number of rotatable bonds is 7. The van der Waals surface area contributed by atoms with Crippen molar-refractivity contribution in [2.75, 3.05) is 24.5 Å². The number of carbonyl (C=O) groups is 2. The zero-order valence-electron chi connectivity index (χ0n) is 18.5. The van der Waals surface area contributed by atoms with Crippen LogP contribution in [0.15, 0.2) is 48.5 Å². The third kappa shape index (κ3) is 5.27. The molecule has 0 saturated carbocycles. The lowest BCUT2D eigenvalue weighted by Crippen LogP contribution is -2.45. The molecule has 5 heteroatoms. The Morgan fingerprint density at radius 2 is 1.81 bits per heavy atom. The Morgan fingerprint density at radius 3 is 2.61 bits per heavy atom. The topological polar surface area (TPSA) is 52.7 Å². The van der Waals surface area contributed by atoms with Crippen molar-refractivity contribution in [2.24, 2.45) is 5.92 Å². The standard InChI is InChI=1S/C26H33N3O2/c1-2-6-25(30)29-15-5-8-23(19-29)26(31)27-17-20-10-12-21(13-11-20)18-28-16-14-22-7-3-4-9-24(22)28/h3-4,7,9-13,23H,2,5-6,8,14-19H2,1H3,(H,27,31). The fraction of sp³-hybridized carbons (Fsp3) is 0.462. The number of likely N-dealkylation sites (tertiary alicyclic amines) is 1. The second-order valence-corrected chi connectivity index (χ2v) is 8.76. The minimum Gasteiger partial charge on any atom is -0.367 e. The average Bonchev–Trinajstić information content (AvgIpc) is 3.21. The monoisotopic (exact) mass is 419 g/mol. The minimum absolute atomic E-state index is 0.0618. The van der Waals surface area contributed by atoms with Gasteiger partial charge in [-0.3, -0.25) is 9.59 Å². The molecule has 0 bridgehead atoms. The van der Waals surface area contributed by atoms with Crippen molar-refractivity contribution in [1.82, 2.24) is 10.2 Å². The average molecular weight is 420 g/mol. The summed E-state index contributed by atoms with van der Waals surface area (Å²) in [6, 6.07) is 17.2. The number of anilines is 1. The van der Waals surface area contributed by atoms with Gasteiger partial charge < -0.3 is 15.1 Å². The number of para-hydroxylation sites is 1. The molecule has 4 rings (SSSR count). The van der Waals surface area contributed by atoms with E-state index in [1.165, 1.54) is 16.8 Å². The first-order valence-electron chi connectivity index (χ1n) is 11.6. The molecule has 1 N–H and O–H groups in total. The van der Waals surface area contributed by atoms with Gasteiger partial charge in [0.1, 0.15) is 0 Å². The van der Waals surface area contributed by atoms with Gasteiger partial charge in [0.25, 0.3) is 0 Å². The number of hydrogen-bond acceptors (Lipinski definition) is 3. The number of piperidine rings is 1. The Hall–Kier alpha value is -2.82. The predicted octanol–water partition coefficient (Wildman–Crippen LogP) is 3.90. The molecule has 1 atom stereocenters. The summed E-state index contributed by atoms with van der Waals surface area (Å²) in [4.78, 5) is 29.1. The molecule has 1 unspecified atom stereocenters. The predicted molar refractivity (Wildman–Crippen MR) is 124 cm³/mol. The van der Waals surface area contributed by atoms with Crippen molar-refractivity contribution in [3.8, 4) is 0 Å². The minimum atomic E-state index is -0.0935. The largest absolute Gasteiger partial charge is 0.367 e. The normalized spacial score (nSPS) is 18.0. The molecule has 31 heavy (non-hydrogen) atoms. The zero-order valence-corrected chi connectivity index (χ0v) is 18.5. The van der Waals surface area contributed by atoms with E-state index in [-0.39, 0.29) is 17.7 Å². The number of nitrogens with one attached hydrogen (secondary N) is 1. The van der Waals surface area contributed by atoms with E-state index in [9.17, 15) is 9.59 Å². The number of benzene rings is 2. The van der Waals surface area contributed by atoms with Gasteiger partial charge in [0.2, 0.25) is 11.8 Å². The van der Waals surface area contributed by atoms with Crippen LogP contribution in [0.5, 0.6) is 0 Å². The van der Waals surface area contributed by atoms with Crippen molar-refractivity contribution in [1.29, 1.82) is 0 Å². The molecule has 0 aromatic heterocycles. The van der Waals surface area contributed by atoms with Crippen LogP contribution in [0.25, 0.3) is 0 Å². The Morgan fingerprint density at radius 1 is 1.03 bits per heavy atom. The fourth-order valence-corrected chi connectivity index (χ4v) is 4.68. The molecule has 1 fully saturated rings. The SMILES string of the molecule is CCCC(=O)N1CCCC(C(=O)NCc2ccc(CN3CCc4ccccc43)cc2)C1. The molecule has 2 aromatic carbocycles. The van der Waals surface area contributed by atoms with Gasteiger partial charge in [-0.2, -0.15) is 0 Å². The van der Waals surface area contributed by atoms with Crippen LogP contribution in [0.1, 0.15) is 49.3 Å². The summed E-state index contributed by atoms with van der Waals surface area (Å²) < 4.78 is 0. The molecule has 2 aromatic rings. The van der Waals surface area contributed by atoms with Crippen LogP contribution in [-0.2, 0) is 29.1 Å². The van der Waals surface area contributed by atoms with E-state index in [0.717, 1.165) is 50.9 Å². The second kappa shape index (κ2) is 9.99. The maximum Gasteiger partial charge on any atom is 0.225 e. The molecule has 2 aliphatic heterocycles. The van der Waals surface area contributed by atoms with Crippen LogP contribution in [0.4, 0.5) is 5.69 Å². The highest BCUT2D eigenvalue weighted by molar-refractivity contribution is 5.81. The molecule has 2 heterocycles. The molecule has 0 aliphatic carbocycles. The van der Waals surface area contributed by atoms with Gasteiger partial charge in [0.15, 0.2) is 0 Å². The highest BCUT2D eigenvalue weighted by Gasteiger charge is 2.27. The van der Waals surface area contributed by atoms with Gasteiger partial charge in [-0.25, -0.2) is 0 Å². The van der Waals surface area contributed by atoms with Crippen LogP contribution in [-0.4, -0.2) is 36.3 Å². The third-order valence-electron chi connectivity index (χ3n) is 6.46. The number of hydrogen-bond donors (Lipinski definition) is 1. The summed E-state index contributed by atoms with van der Waals surface area (Å²) in [6.07, 6.45) is 4.30. The van der Waals surface area contributed by atoms with Gasteiger partial charge in [0.05, 0.1) is 5.92 Å². The fourth-order valence-electron chi connectivity index (χ4n) is 4.68. The molecular formula is C26H33N3O2. The van der Waals surface area contributed by atoms with E-state index in [1.807, 2.05) is 11.8 Å². The van der Waals surface area contributed by atoms with Gasteiger partial charge in [-0.1, -0.05) is 49.4 Å². The van der Waals surface area contributed by atoms with E-state index >= 15 is 0 Å². The van der Waals surface area contributed by atoms with E-state index in [4.69, 9.17) is 0 Å². The number of nitrogens with zero attached hydrogens (tertiary/aromatic N) is 2. The van der Waals surface area contributed by atoms with E-state index in [2.05, 4.69) is 58.7 Å². The number of carbonyl (C=O) groups excluding carboxylic acids is 2. The Labute approximate surface area is 185 Å². The van der Waals surface area contributed by atoms with Crippen LogP contribution >= 0.6 is 0 Å². The lowest BCUT2D eigenvalue weighted by Gasteiger charge is -2.32. The third-order valence-corrected chi connectivity index (χ3v) is 6.46. The molecule has 2 aliphatic rings. The molecule has 2 amide bonds. The van der Waals surface area contributed by atoms with Crippen LogP contribution in [0.2, 0.25) is 0 Å². The maximum atomic E-state index is 12.7. The van der Waals surface area contributed by atoms with Crippen molar-refractivity contribution in [2.45, 2.75) is 52.1 Å². The van der Waals surface area contributed by atoms with Gasteiger partial charge in [-0.05, 0) is 48.4 Å². The highest BCUT2D eigenvalue weighted by Crippen LogP contribution is 2.28. The zero-order chi connectivity index (χ0) is 21.6. The summed E-state index contributed by atoms with van der Waals surface area (Å²) in [5, 5.41) is 3.08. The van der Waals surface area contributed by atoms with Gasteiger partial charge in [0, 0.05) is 44.8 Å². The lowest BCUT2D eigenvalue weighted by atomic mass is 9.96. The molecule has 164 valence electrons. The van der Waals surface area contributed by atoms with E-state index in [0.29, 0.717) is 19.5 Å². The summed E-state index contributed by atoms with van der Waals surface area (Å²) in [5.41, 5.74) is 5.16. The van der Waals surface area contributed by atoms with Crippen LogP contribution < -0.4 is 10.2 Å². The molecule has 0 spiro atoms. The lowest BCUT2D eigenvalue weighted by molar-refractivity contribution is -0.135. The summed E-state index contributed by atoms with van der Waals surface area (Å²) >= 11 is 0. The molecular weight excluding hydrogens is 386 g/mol. The Bertz CT molecular complexity index is 909. The van der Waals surface area contributed by atoms with Gasteiger partial charge in [-0.15, -0.1) is 0 Å². The summed E-state index contributed by atoms with van der Waals surface area (Å²) in [7, 11) is 0. The number of amides is 2. The Kier molecular flexibility index (Phi) is 6.90. The van der Waals surface area contributed by atoms with Crippen molar-refractivity contribution in [3.05, 3.63) is 65.2 Å². The first-order chi connectivity index (χ1) is 15.1. The second-order valence-electron chi connectivity index (χ2n) is 8.76. The Balaban J connectivity index is 1.27. The summed E-state index contributed by atoms with van der Waals surface area (Å²) in [5.74, 6) is 0.145. The highest BCUT2D eigenvalue weighted by atomic mass is 16.2. The maximum absolute atomic E-state index is 12.7. The molecule has 0 radical (unpaired) electrons. The van der Waals surface area contributed by atoms with Gasteiger partial charge >= 0.3 is 0 Å². The van der Waals surface area contributed by atoms with E-state index < -0.39 is 0 Å². The first-order valence-corrected chi connectivity index (χ1v) is 11.6. The first kappa shape index (κ1) is 21.4. The quantitative estimate of drug-likeness (QED) is 0.740. The number of fused-ring (bicyclic) bond motifs is 1. The van der Waals surface area contributed by atoms with Crippen molar-refractivity contribution < 1.29 is 9.59 Å². The van der Waals surface area contributed by atoms with Crippen LogP contribution in [0.3, 0.4) is 0 Å². The van der Waals surface area contributed by atoms with Crippen molar-refractivity contribution in [3.63, 3.8) is 0 Å². The molecule has 1 saturated heterocycles. The van der Waals surface area contributed by atoms with E-state index in [1.54, 1.807) is 0 Å². The van der Waals surface area contributed by atoms with Crippen molar-refractivity contribution >= 4 is 17.5 Å². The smallest absolute Gasteiger partial charge is 0.225 e.